The summed E-state index contributed by atoms with van der Waals surface area (Å²) in [7, 11) is 0. The molecule has 1 aliphatic rings. The second-order valence-corrected chi connectivity index (χ2v) is 6.62. The van der Waals surface area contributed by atoms with Gasteiger partial charge in [-0.2, -0.15) is 0 Å². The van der Waals surface area contributed by atoms with Gasteiger partial charge in [-0.3, -0.25) is 0 Å². The fourth-order valence-corrected chi connectivity index (χ4v) is 4.12. The summed E-state index contributed by atoms with van der Waals surface area (Å²) >= 11 is 2.08. The molecule has 0 aliphatic heterocycles. The van der Waals surface area contributed by atoms with Gasteiger partial charge < -0.3 is 5.32 Å². The zero-order chi connectivity index (χ0) is 12.8. The topological polar surface area (TPSA) is 12.0 Å². The third-order valence-corrected chi connectivity index (χ3v) is 5.20. The molecular formula is C16H27NS. The predicted molar refractivity (Wildman–Crippen MR) is 81.5 cm³/mol. The van der Waals surface area contributed by atoms with Crippen LogP contribution in [-0.4, -0.2) is 6.54 Å². The molecule has 0 aromatic carbocycles. The SMILES string of the molecule is CCCCC(NCCC)c1cc2c(s1)CCCC2. The van der Waals surface area contributed by atoms with Crippen LogP contribution in [0.4, 0.5) is 0 Å². The summed E-state index contributed by atoms with van der Waals surface area (Å²) in [5.74, 6) is 0. The van der Waals surface area contributed by atoms with Crippen molar-refractivity contribution in [1.82, 2.24) is 5.32 Å². The zero-order valence-corrected chi connectivity index (χ0v) is 12.7. The zero-order valence-electron chi connectivity index (χ0n) is 11.9. The lowest BCUT2D eigenvalue weighted by molar-refractivity contribution is 0.487. The highest BCUT2D eigenvalue weighted by molar-refractivity contribution is 7.12. The molecule has 18 heavy (non-hydrogen) atoms. The van der Waals surface area contributed by atoms with E-state index in [1.165, 1.54) is 51.4 Å². The minimum absolute atomic E-state index is 0.612. The van der Waals surface area contributed by atoms with Crippen LogP contribution < -0.4 is 5.32 Å². The van der Waals surface area contributed by atoms with Gasteiger partial charge in [-0.25, -0.2) is 0 Å². The van der Waals surface area contributed by atoms with Gasteiger partial charge in [0.1, 0.15) is 0 Å². The highest BCUT2D eigenvalue weighted by atomic mass is 32.1. The molecule has 0 fully saturated rings. The van der Waals surface area contributed by atoms with E-state index in [1.54, 1.807) is 15.3 Å². The Morgan fingerprint density at radius 1 is 1.22 bits per heavy atom. The Morgan fingerprint density at radius 3 is 2.78 bits per heavy atom. The summed E-state index contributed by atoms with van der Waals surface area (Å²) in [6.45, 7) is 5.69. The van der Waals surface area contributed by atoms with E-state index in [-0.39, 0.29) is 0 Å². The number of hydrogen-bond donors (Lipinski definition) is 1. The highest BCUT2D eigenvalue weighted by Crippen LogP contribution is 2.34. The quantitative estimate of drug-likeness (QED) is 0.742. The van der Waals surface area contributed by atoms with Gasteiger partial charge in [-0.1, -0.05) is 26.7 Å². The van der Waals surface area contributed by atoms with Crippen LogP contribution in [0.5, 0.6) is 0 Å². The van der Waals surface area contributed by atoms with Crippen LogP contribution in [0.3, 0.4) is 0 Å². The van der Waals surface area contributed by atoms with Gasteiger partial charge in [-0.05, 0) is 56.7 Å². The highest BCUT2D eigenvalue weighted by Gasteiger charge is 2.18. The van der Waals surface area contributed by atoms with Gasteiger partial charge in [0.2, 0.25) is 0 Å². The van der Waals surface area contributed by atoms with Gasteiger partial charge in [0.25, 0.3) is 0 Å². The molecule has 0 spiro atoms. The summed E-state index contributed by atoms with van der Waals surface area (Å²) in [6, 6.07) is 3.11. The van der Waals surface area contributed by atoms with Crippen molar-refractivity contribution in [3.8, 4) is 0 Å². The lowest BCUT2D eigenvalue weighted by atomic mass is 9.98. The molecule has 0 radical (unpaired) electrons. The van der Waals surface area contributed by atoms with E-state index in [4.69, 9.17) is 0 Å². The summed E-state index contributed by atoms with van der Waals surface area (Å²) in [6.07, 6.45) is 10.6. The van der Waals surface area contributed by atoms with Crippen LogP contribution >= 0.6 is 11.3 Å². The molecule has 1 unspecified atom stereocenters. The molecule has 1 aromatic heterocycles. The van der Waals surface area contributed by atoms with E-state index in [1.807, 2.05) is 0 Å². The number of fused-ring (bicyclic) bond motifs is 1. The Labute approximate surface area is 116 Å². The van der Waals surface area contributed by atoms with Crippen molar-refractivity contribution < 1.29 is 0 Å². The number of nitrogens with one attached hydrogen (secondary N) is 1. The van der Waals surface area contributed by atoms with E-state index in [0.29, 0.717) is 6.04 Å². The van der Waals surface area contributed by atoms with E-state index in [9.17, 15) is 0 Å². The molecule has 1 N–H and O–H groups in total. The standard InChI is InChI=1S/C16H27NS/c1-3-5-9-14(17-11-4-2)16-12-13-8-6-7-10-15(13)18-16/h12,14,17H,3-11H2,1-2H3. The summed E-state index contributed by atoms with van der Waals surface area (Å²) < 4.78 is 0. The molecule has 1 atom stereocenters. The van der Waals surface area contributed by atoms with Crippen LogP contribution in [0.2, 0.25) is 0 Å². The summed E-state index contributed by atoms with van der Waals surface area (Å²) in [4.78, 5) is 3.28. The Morgan fingerprint density at radius 2 is 2.06 bits per heavy atom. The predicted octanol–water partition coefficient (Wildman–Crippen LogP) is 4.86. The Bertz CT molecular complexity index is 324. The van der Waals surface area contributed by atoms with E-state index < -0.39 is 0 Å². The average Bonchev–Trinajstić information content (AvgIpc) is 2.82. The van der Waals surface area contributed by atoms with Crippen LogP contribution in [0.1, 0.15) is 73.7 Å². The Hall–Kier alpha value is -0.340. The maximum Gasteiger partial charge on any atom is 0.0414 e. The van der Waals surface area contributed by atoms with E-state index in [0.717, 1.165) is 6.54 Å². The molecule has 102 valence electrons. The second kappa shape index (κ2) is 7.30. The normalized spacial score (nSPS) is 16.6. The smallest absolute Gasteiger partial charge is 0.0414 e. The van der Waals surface area contributed by atoms with Gasteiger partial charge in [-0.15, -0.1) is 11.3 Å². The van der Waals surface area contributed by atoms with Gasteiger partial charge in [0.15, 0.2) is 0 Å². The monoisotopic (exact) mass is 265 g/mol. The first kappa shape index (κ1) is 14.1. The molecule has 0 bridgehead atoms. The maximum absolute atomic E-state index is 3.74. The lowest BCUT2D eigenvalue weighted by Crippen LogP contribution is -2.21. The van der Waals surface area contributed by atoms with Gasteiger partial charge in [0.05, 0.1) is 0 Å². The first-order chi connectivity index (χ1) is 8.85. The van der Waals surface area contributed by atoms with Crippen molar-refractivity contribution >= 4 is 11.3 Å². The fourth-order valence-electron chi connectivity index (χ4n) is 2.76. The van der Waals surface area contributed by atoms with E-state index in [2.05, 4.69) is 36.6 Å². The molecule has 0 saturated heterocycles. The Balaban J connectivity index is 2.05. The molecule has 1 nitrogen and oxygen atoms in total. The molecule has 1 aliphatic carbocycles. The summed E-state index contributed by atoms with van der Waals surface area (Å²) in [5.41, 5.74) is 1.65. The van der Waals surface area contributed by atoms with Gasteiger partial charge in [0, 0.05) is 15.8 Å². The maximum atomic E-state index is 3.74. The van der Waals surface area contributed by atoms with Crippen LogP contribution in [0.15, 0.2) is 6.07 Å². The molecule has 1 heterocycles. The molecule has 2 heteroatoms. The number of thiophene rings is 1. The lowest BCUT2D eigenvalue weighted by Gasteiger charge is -2.16. The number of unbranched alkanes of at least 4 members (excludes halogenated alkanes) is 1. The molecule has 2 rings (SSSR count). The average molecular weight is 265 g/mol. The van der Waals surface area contributed by atoms with Crippen molar-refractivity contribution in [2.75, 3.05) is 6.54 Å². The minimum Gasteiger partial charge on any atom is -0.309 e. The van der Waals surface area contributed by atoms with Crippen molar-refractivity contribution in [2.24, 2.45) is 0 Å². The first-order valence-corrected chi connectivity index (χ1v) is 8.51. The molecule has 0 saturated carbocycles. The second-order valence-electron chi connectivity index (χ2n) is 5.45. The van der Waals surface area contributed by atoms with E-state index >= 15 is 0 Å². The summed E-state index contributed by atoms with van der Waals surface area (Å²) in [5, 5.41) is 3.74. The minimum atomic E-state index is 0.612. The molecule has 1 aromatic rings. The third kappa shape index (κ3) is 3.58. The third-order valence-electron chi connectivity index (χ3n) is 3.85. The van der Waals surface area contributed by atoms with Crippen molar-refractivity contribution in [2.45, 2.75) is 71.3 Å². The number of aryl methyl sites for hydroxylation is 2. The van der Waals surface area contributed by atoms with Crippen molar-refractivity contribution in [1.29, 1.82) is 0 Å². The van der Waals surface area contributed by atoms with Crippen LogP contribution in [0, 0.1) is 0 Å². The molecule has 0 amide bonds. The number of hydrogen-bond acceptors (Lipinski definition) is 2. The Kier molecular flexibility index (Phi) is 5.71. The largest absolute Gasteiger partial charge is 0.309 e. The van der Waals surface area contributed by atoms with Crippen molar-refractivity contribution in [3.05, 3.63) is 21.4 Å². The van der Waals surface area contributed by atoms with Gasteiger partial charge >= 0.3 is 0 Å². The fraction of sp³-hybridized carbons (Fsp3) is 0.750. The van der Waals surface area contributed by atoms with Crippen LogP contribution in [-0.2, 0) is 12.8 Å². The first-order valence-electron chi connectivity index (χ1n) is 7.70. The number of rotatable bonds is 7. The van der Waals surface area contributed by atoms with Crippen molar-refractivity contribution in [3.63, 3.8) is 0 Å². The molecular weight excluding hydrogens is 238 g/mol. The van der Waals surface area contributed by atoms with Crippen LogP contribution in [0.25, 0.3) is 0 Å².